The number of rotatable bonds is 0. The number of allylic oxidation sites excluding steroid dienone is 8. The molecule has 0 fully saturated rings. The minimum atomic E-state index is 1.01. The molecule has 0 saturated heterocycles. The Hall–Kier alpha value is -0.287. The van der Waals surface area contributed by atoms with Crippen molar-refractivity contribution in [3.63, 3.8) is 0 Å². The van der Waals surface area contributed by atoms with E-state index >= 15 is 0 Å². The van der Waals surface area contributed by atoms with Crippen molar-refractivity contribution in [1.29, 1.82) is 0 Å². The van der Waals surface area contributed by atoms with Gasteiger partial charge in [0.05, 0.1) is 0 Å². The molecule has 0 amide bonds. The van der Waals surface area contributed by atoms with Crippen molar-refractivity contribution in [2.45, 2.75) is 19.8 Å². The molecule has 13 heavy (non-hydrogen) atoms. The molecule has 66 valence electrons. The fourth-order valence-corrected chi connectivity index (χ4v) is 0.855. The summed E-state index contributed by atoms with van der Waals surface area (Å²) >= 11 is 1.30. The molecular weight excluding hydrogens is 235 g/mol. The quantitative estimate of drug-likeness (QED) is 0.579. The van der Waals surface area contributed by atoms with Gasteiger partial charge in [-0.25, -0.2) is 23.8 Å². The molecule has 2 aliphatic rings. The van der Waals surface area contributed by atoms with Gasteiger partial charge in [-0.2, -0.15) is 12.2 Å². The Bertz CT molecular complexity index is 219. The Kier molecular flexibility index (Phi) is 9.58. The Labute approximate surface area is 96.1 Å². The Balaban J connectivity index is 0.000000189. The zero-order chi connectivity index (χ0) is 9.94. The van der Waals surface area contributed by atoms with Gasteiger partial charge >= 0.3 is 28.4 Å². The zero-order valence-corrected chi connectivity index (χ0v) is 10.5. The van der Waals surface area contributed by atoms with Crippen LogP contribution in [0.15, 0.2) is 36.0 Å². The fourth-order valence-electron chi connectivity index (χ4n) is 0.855. The van der Waals surface area contributed by atoms with Crippen molar-refractivity contribution in [2.24, 2.45) is 0 Å². The molecule has 2 rings (SSSR count). The summed E-state index contributed by atoms with van der Waals surface area (Å²) in [4.78, 5) is 0. The molecule has 0 atom stereocenters. The molecule has 2 aliphatic carbocycles. The standard InChI is InChI=1S/C6H7.C5H5.CH2.Zr/c1-6-4-2-3-5-6;1-2-4-5-3-1;;/h2,4H,3H2,1H3;1-3H,4H2;1H2;/q2*-1;;+2. The molecule has 0 heterocycles. The third-order valence-corrected chi connectivity index (χ3v) is 1.45. The van der Waals surface area contributed by atoms with Crippen LogP contribution < -0.4 is 0 Å². The molecular formula is C12H14Zr. The van der Waals surface area contributed by atoms with Crippen LogP contribution >= 0.6 is 0 Å². The third-order valence-electron chi connectivity index (χ3n) is 1.45. The second kappa shape index (κ2) is 9.80. The van der Waals surface area contributed by atoms with Crippen LogP contribution in [0, 0.1) is 12.2 Å². The Morgan fingerprint density at radius 1 is 1.31 bits per heavy atom. The number of hydrogen-bond donors (Lipinski definition) is 0. The average molecular weight is 249 g/mol. The normalized spacial score (nSPS) is 15.8. The third kappa shape index (κ3) is 8.05. The van der Waals surface area contributed by atoms with Crippen LogP contribution in [0.25, 0.3) is 0 Å². The second-order valence-electron chi connectivity index (χ2n) is 2.47. The first-order valence-corrected chi connectivity index (χ1v) is 5.94. The van der Waals surface area contributed by atoms with Crippen LogP contribution in [0.3, 0.4) is 0 Å². The Morgan fingerprint density at radius 2 is 2.08 bits per heavy atom. The SMILES string of the molecule is CC1=[C-]CC=C1.[C-]1=CC=CC1.[CH2]=[Zr+2]. The number of hydrogen-bond acceptors (Lipinski definition) is 0. The summed E-state index contributed by atoms with van der Waals surface area (Å²) < 4.78 is 3.34. The second-order valence-corrected chi connectivity index (χ2v) is 2.47. The first-order valence-electron chi connectivity index (χ1n) is 4.20. The van der Waals surface area contributed by atoms with Crippen LogP contribution in [0.5, 0.6) is 0 Å². The van der Waals surface area contributed by atoms with Gasteiger partial charge in [0.25, 0.3) is 0 Å². The summed E-state index contributed by atoms with van der Waals surface area (Å²) in [6, 6.07) is 0. The van der Waals surface area contributed by atoms with Gasteiger partial charge in [-0.3, -0.25) is 12.2 Å². The molecule has 0 bridgehead atoms. The predicted molar refractivity (Wildman–Crippen MR) is 54.9 cm³/mol. The van der Waals surface area contributed by atoms with E-state index in [1.807, 2.05) is 12.2 Å². The molecule has 0 aromatic carbocycles. The fraction of sp³-hybridized carbons (Fsp3) is 0.250. The average Bonchev–Trinajstić information content (AvgIpc) is 2.81. The van der Waals surface area contributed by atoms with Crippen molar-refractivity contribution in [2.75, 3.05) is 0 Å². The van der Waals surface area contributed by atoms with Crippen molar-refractivity contribution in [3.05, 3.63) is 48.1 Å². The van der Waals surface area contributed by atoms with Gasteiger partial charge in [-0.05, 0) is 0 Å². The summed E-state index contributed by atoms with van der Waals surface area (Å²) in [6.45, 7) is 2.06. The first kappa shape index (κ1) is 12.7. The van der Waals surface area contributed by atoms with E-state index in [1.54, 1.807) is 0 Å². The van der Waals surface area contributed by atoms with E-state index in [-0.39, 0.29) is 0 Å². The van der Waals surface area contributed by atoms with Crippen LogP contribution in [0.2, 0.25) is 0 Å². The molecule has 0 saturated carbocycles. The summed E-state index contributed by atoms with van der Waals surface area (Å²) in [5.74, 6) is 0. The van der Waals surface area contributed by atoms with Gasteiger partial charge in [-0.15, -0.1) is 12.8 Å². The van der Waals surface area contributed by atoms with E-state index in [4.69, 9.17) is 0 Å². The molecule has 0 radical (unpaired) electrons. The molecule has 0 spiro atoms. The van der Waals surface area contributed by atoms with Crippen molar-refractivity contribution in [3.8, 4) is 0 Å². The van der Waals surface area contributed by atoms with Crippen molar-refractivity contribution >= 4 is 4.21 Å². The zero-order valence-electron chi connectivity index (χ0n) is 8.01. The van der Waals surface area contributed by atoms with Gasteiger partial charge in [-0.1, -0.05) is 6.92 Å². The van der Waals surface area contributed by atoms with Crippen LogP contribution in [-0.2, 0) is 24.2 Å². The van der Waals surface area contributed by atoms with Gasteiger partial charge < -0.3 is 0 Å². The summed E-state index contributed by atoms with van der Waals surface area (Å²) in [5.41, 5.74) is 1.27. The van der Waals surface area contributed by atoms with Crippen LogP contribution in [-0.4, -0.2) is 4.21 Å². The van der Waals surface area contributed by atoms with Gasteiger partial charge in [0.1, 0.15) is 0 Å². The Morgan fingerprint density at radius 3 is 2.23 bits per heavy atom. The van der Waals surface area contributed by atoms with E-state index < -0.39 is 0 Å². The molecule has 0 nitrogen and oxygen atoms in total. The van der Waals surface area contributed by atoms with E-state index in [0.29, 0.717) is 0 Å². The van der Waals surface area contributed by atoms with Gasteiger partial charge in [0, 0.05) is 0 Å². The van der Waals surface area contributed by atoms with Crippen LogP contribution in [0.4, 0.5) is 0 Å². The predicted octanol–water partition coefficient (Wildman–Crippen LogP) is 2.97. The first-order chi connectivity index (χ1) is 6.39. The molecule has 0 N–H and O–H groups in total. The van der Waals surface area contributed by atoms with Crippen molar-refractivity contribution in [1.82, 2.24) is 0 Å². The van der Waals surface area contributed by atoms with Crippen LogP contribution in [0.1, 0.15) is 19.8 Å². The van der Waals surface area contributed by atoms with E-state index in [1.165, 1.54) is 29.8 Å². The molecule has 0 unspecified atom stereocenters. The van der Waals surface area contributed by atoms with E-state index in [0.717, 1.165) is 12.8 Å². The molecule has 1 heteroatoms. The topological polar surface area (TPSA) is 0 Å². The summed E-state index contributed by atoms with van der Waals surface area (Å²) in [7, 11) is 0. The maximum absolute atomic E-state index is 3.34. The molecule has 0 aliphatic heterocycles. The van der Waals surface area contributed by atoms with Gasteiger partial charge in [0.15, 0.2) is 0 Å². The molecule has 0 aromatic heterocycles. The summed E-state index contributed by atoms with van der Waals surface area (Å²) in [5, 5.41) is 0. The summed E-state index contributed by atoms with van der Waals surface area (Å²) in [6.07, 6.45) is 18.3. The minimum absolute atomic E-state index is 1.01. The van der Waals surface area contributed by atoms with E-state index in [9.17, 15) is 0 Å². The maximum atomic E-state index is 3.34. The monoisotopic (exact) mass is 248 g/mol. The molecule has 0 aromatic rings. The van der Waals surface area contributed by atoms with E-state index in [2.05, 4.69) is 41.5 Å². The van der Waals surface area contributed by atoms with Gasteiger partial charge in [0.2, 0.25) is 0 Å². The van der Waals surface area contributed by atoms with Crippen molar-refractivity contribution < 1.29 is 24.2 Å².